The van der Waals surface area contributed by atoms with E-state index in [4.69, 9.17) is 10.5 Å². The van der Waals surface area contributed by atoms with E-state index in [1.807, 2.05) is 0 Å². The zero-order chi connectivity index (χ0) is 20.3. The van der Waals surface area contributed by atoms with Gasteiger partial charge in [0.05, 0.1) is 12.0 Å². The molecule has 0 spiro atoms. The van der Waals surface area contributed by atoms with Gasteiger partial charge in [0.1, 0.15) is 6.61 Å². The fourth-order valence-corrected chi connectivity index (χ4v) is 4.08. The third kappa shape index (κ3) is 4.56. The lowest BCUT2D eigenvalue weighted by Gasteiger charge is -2.33. The Morgan fingerprint density at radius 2 is 1.93 bits per heavy atom. The first-order valence-electron chi connectivity index (χ1n) is 9.52. The molecule has 2 aliphatic rings. The Hall–Kier alpha value is -2.32. The van der Waals surface area contributed by atoms with Crippen LogP contribution in [0.1, 0.15) is 49.0 Å². The van der Waals surface area contributed by atoms with Gasteiger partial charge in [-0.05, 0) is 50.7 Å². The molecule has 1 aromatic rings. The highest BCUT2D eigenvalue weighted by molar-refractivity contribution is 5.93. The Morgan fingerprint density at radius 1 is 1.21 bits per heavy atom. The van der Waals surface area contributed by atoms with Gasteiger partial charge in [0, 0.05) is 18.7 Å². The van der Waals surface area contributed by atoms with Crippen molar-refractivity contribution in [2.75, 3.05) is 13.2 Å². The molecule has 154 valence electrons. The molecule has 2 heterocycles. The smallest absolute Gasteiger partial charge is 0.391 e. The minimum absolute atomic E-state index is 0.00652. The molecule has 2 amide bonds. The lowest BCUT2D eigenvalue weighted by atomic mass is 9.81. The van der Waals surface area contributed by atoms with Gasteiger partial charge >= 0.3 is 6.18 Å². The summed E-state index contributed by atoms with van der Waals surface area (Å²) in [6, 6.07) is 3.04. The molecule has 9 heteroatoms. The molecule has 1 aliphatic carbocycles. The quantitative estimate of drug-likeness (QED) is 0.825. The minimum Gasteiger partial charge on any atom is -0.489 e. The van der Waals surface area contributed by atoms with Crippen LogP contribution in [0.4, 0.5) is 13.2 Å². The standard InChI is InChI=1S/C19H24F3N3O3/c20-19(21,22)13-7-5-12(6-8-13)18(27)25-10-2-3-14(25)11-28-15-4-1-9-24-16(15)17(23)26/h1,4,9,12-14H,2-3,5-8,10-11H2,(H2,23,26)/t12-,13+,14-/m0/s1. The molecule has 1 aromatic heterocycles. The van der Waals surface area contributed by atoms with Crippen LogP contribution in [0.2, 0.25) is 0 Å². The molecular formula is C19H24F3N3O3. The van der Waals surface area contributed by atoms with E-state index in [1.54, 1.807) is 17.0 Å². The van der Waals surface area contributed by atoms with Gasteiger partial charge in [-0.25, -0.2) is 4.98 Å². The number of hydrogen-bond acceptors (Lipinski definition) is 4. The molecule has 2 N–H and O–H groups in total. The van der Waals surface area contributed by atoms with E-state index in [1.165, 1.54) is 6.20 Å². The van der Waals surface area contributed by atoms with Crippen LogP contribution in [0.15, 0.2) is 18.3 Å². The molecular weight excluding hydrogens is 375 g/mol. The van der Waals surface area contributed by atoms with Crippen molar-refractivity contribution in [3.63, 3.8) is 0 Å². The first-order chi connectivity index (χ1) is 13.3. The predicted molar refractivity (Wildman–Crippen MR) is 94.5 cm³/mol. The molecule has 0 bridgehead atoms. The molecule has 1 atom stereocenters. The van der Waals surface area contributed by atoms with Gasteiger partial charge in [0.25, 0.3) is 5.91 Å². The van der Waals surface area contributed by atoms with Crippen LogP contribution >= 0.6 is 0 Å². The van der Waals surface area contributed by atoms with Gasteiger partial charge in [-0.15, -0.1) is 0 Å². The highest BCUT2D eigenvalue weighted by Crippen LogP contribution is 2.40. The zero-order valence-electron chi connectivity index (χ0n) is 15.5. The van der Waals surface area contributed by atoms with Crippen molar-refractivity contribution in [2.24, 2.45) is 17.6 Å². The number of carbonyl (C=O) groups is 2. The van der Waals surface area contributed by atoms with Crippen molar-refractivity contribution in [3.05, 3.63) is 24.0 Å². The van der Waals surface area contributed by atoms with E-state index in [-0.39, 0.29) is 61.6 Å². The van der Waals surface area contributed by atoms with E-state index < -0.39 is 18.0 Å². The number of pyridine rings is 1. The van der Waals surface area contributed by atoms with Gasteiger partial charge in [0.2, 0.25) is 5.91 Å². The van der Waals surface area contributed by atoms with Crippen LogP contribution in [0, 0.1) is 11.8 Å². The lowest BCUT2D eigenvalue weighted by Crippen LogP contribution is -2.44. The second kappa shape index (κ2) is 8.36. The highest BCUT2D eigenvalue weighted by atomic mass is 19.4. The van der Waals surface area contributed by atoms with Crippen LogP contribution in [0.25, 0.3) is 0 Å². The van der Waals surface area contributed by atoms with E-state index in [0.717, 1.165) is 12.8 Å². The van der Waals surface area contributed by atoms with Gasteiger partial charge in [-0.1, -0.05) is 0 Å². The SMILES string of the molecule is NC(=O)c1ncccc1OC[C@@H]1CCCN1C(=O)[C@H]1CC[C@@H](C(F)(F)F)CC1. The van der Waals surface area contributed by atoms with Gasteiger partial charge in [-0.3, -0.25) is 9.59 Å². The maximum atomic E-state index is 12.9. The molecule has 0 aromatic carbocycles. The highest BCUT2D eigenvalue weighted by Gasteiger charge is 2.44. The van der Waals surface area contributed by atoms with E-state index in [9.17, 15) is 22.8 Å². The summed E-state index contributed by atoms with van der Waals surface area (Å²) in [5.74, 6) is -2.18. The van der Waals surface area contributed by atoms with Gasteiger partial charge < -0.3 is 15.4 Å². The van der Waals surface area contributed by atoms with Crippen molar-refractivity contribution < 1.29 is 27.5 Å². The van der Waals surface area contributed by atoms with Crippen LogP contribution in [0.3, 0.4) is 0 Å². The summed E-state index contributed by atoms with van der Waals surface area (Å²) in [4.78, 5) is 29.9. The Kier molecular flexibility index (Phi) is 6.10. The van der Waals surface area contributed by atoms with Crippen molar-refractivity contribution in [1.82, 2.24) is 9.88 Å². The first-order valence-corrected chi connectivity index (χ1v) is 9.52. The Labute approximate surface area is 161 Å². The summed E-state index contributed by atoms with van der Waals surface area (Å²) in [6.45, 7) is 0.761. The molecule has 0 radical (unpaired) electrons. The number of hydrogen-bond donors (Lipinski definition) is 1. The molecule has 6 nitrogen and oxygen atoms in total. The number of primary amides is 1. The molecule has 0 unspecified atom stereocenters. The van der Waals surface area contributed by atoms with Crippen molar-refractivity contribution in [3.8, 4) is 5.75 Å². The van der Waals surface area contributed by atoms with Gasteiger partial charge in [-0.2, -0.15) is 13.2 Å². The predicted octanol–water partition coefficient (Wildman–Crippen LogP) is 2.92. The number of rotatable bonds is 5. The van der Waals surface area contributed by atoms with Crippen molar-refractivity contribution in [2.45, 2.75) is 50.7 Å². The number of alkyl halides is 3. The summed E-state index contributed by atoms with van der Waals surface area (Å²) < 4.78 is 44.2. The third-order valence-corrected chi connectivity index (χ3v) is 5.63. The largest absolute Gasteiger partial charge is 0.489 e. The number of carbonyl (C=O) groups excluding carboxylic acids is 2. The number of nitrogens with two attached hydrogens (primary N) is 1. The average Bonchev–Trinajstić information content (AvgIpc) is 3.14. The number of aromatic nitrogens is 1. The van der Waals surface area contributed by atoms with Crippen LogP contribution < -0.4 is 10.5 Å². The average molecular weight is 399 g/mol. The van der Waals surface area contributed by atoms with E-state index >= 15 is 0 Å². The summed E-state index contributed by atoms with van der Waals surface area (Å²) >= 11 is 0. The molecule has 1 saturated carbocycles. The summed E-state index contributed by atoms with van der Waals surface area (Å²) in [5.41, 5.74) is 5.32. The molecule has 3 rings (SSSR count). The molecule has 2 fully saturated rings. The van der Waals surface area contributed by atoms with Crippen LogP contribution in [-0.4, -0.2) is 47.1 Å². The monoisotopic (exact) mass is 399 g/mol. The first kappa shape index (κ1) is 20.4. The normalized spacial score (nSPS) is 25.5. The topological polar surface area (TPSA) is 85.5 Å². The summed E-state index contributed by atoms with van der Waals surface area (Å²) in [6.07, 6.45) is -0.638. The maximum absolute atomic E-state index is 12.9. The molecule has 28 heavy (non-hydrogen) atoms. The fraction of sp³-hybridized carbons (Fsp3) is 0.632. The van der Waals surface area contributed by atoms with Crippen molar-refractivity contribution in [1.29, 1.82) is 0 Å². The third-order valence-electron chi connectivity index (χ3n) is 5.63. The van der Waals surface area contributed by atoms with Crippen LogP contribution in [0.5, 0.6) is 5.75 Å². The Bertz CT molecular complexity index is 718. The molecule has 1 aliphatic heterocycles. The number of halogens is 3. The number of ether oxygens (including phenoxy) is 1. The Balaban J connectivity index is 1.58. The van der Waals surface area contributed by atoms with E-state index in [0.29, 0.717) is 6.54 Å². The van der Waals surface area contributed by atoms with E-state index in [2.05, 4.69) is 4.98 Å². The maximum Gasteiger partial charge on any atom is 0.391 e. The lowest BCUT2D eigenvalue weighted by molar-refractivity contribution is -0.185. The number of amides is 2. The Morgan fingerprint density at radius 3 is 2.57 bits per heavy atom. The number of likely N-dealkylation sites (tertiary alicyclic amines) is 1. The fourth-order valence-electron chi connectivity index (χ4n) is 4.08. The second-order valence-electron chi connectivity index (χ2n) is 7.44. The van der Waals surface area contributed by atoms with Gasteiger partial charge in [0.15, 0.2) is 11.4 Å². The minimum atomic E-state index is -4.18. The van der Waals surface area contributed by atoms with Crippen molar-refractivity contribution >= 4 is 11.8 Å². The number of nitrogens with zero attached hydrogens (tertiary/aromatic N) is 2. The molecule has 1 saturated heterocycles. The van der Waals surface area contributed by atoms with Crippen LogP contribution in [-0.2, 0) is 4.79 Å². The zero-order valence-corrected chi connectivity index (χ0v) is 15.5. The second-order valence-corrected chi connectivity index (χ2v) is 7.44. The summed E-state index contributed by atoms with van der Waals surface area (Å²) in [7, 11) is 0. The summed E-state index contributed by atoms with van der Waals surface area (Å²) in [5, 5.41) is 0.